The highest BCUT2D eigenvalue weighted by Gasteiger charge is 2.30. The Bertz CT molecular complexity index is 703. The lowest BCUT2D eigenvalue weighted by atomic mass is 9.80. The van der Waals surface area contributed by atoms with Crippen molar-refractivity contribution in [1.82, 2.24) is 0 Å². The number of carbonyl (C=O) groups is 3. The van der Waals surface area contributed by atoms with Gasteiger partial charge in [0, 0.05) is 17.3 Å². The fourth-order valence-electron chi connectivity index (χ4n) is 2.10. The Hall–Kier alpha value is -2.69. The molecular formula is C17H17NO4. The second kappa shape index (κ2) is 5.60. The summed E-state index contributed by atoms with van der Waals surface area (Å²) in [5.74, 6) is -1.49. The van der Waals surface area contributed by atoms with E-state index in [-0.39, 0.29) is 22.8 Å². The molecule has 5 nitrogen and oxygen atoms in total. The molecule has 22 heavy (non-hydrogen) atoms. The molecule has 0 spiro atoms. The molecule has 2 N–H and O–H groups in total. The lowest BCUT2D eigenvalue weighted by molar-refractivity contribution is -0.115. The average molecular weight is 299 g/mol. The highest BCUT2D eigenvalue weighted by molar-refractivity contribution is 6.21. The predicted octanol–water partition coefficient (Wildman–Crippen LogP) is 2.80. The second-order valence-corrected chi connectivity index (χ2v) is 6.11. The van der Waals surface area contributed by atoms with E-state index in [9.17, 15) is 14.4 Å². The summed E-state index contributed by atoms with van der Waals surface area (Å²) in [6, 6.07) is 5.97. The standard InChI is InChI=1S/C17H17NO4/c1-17(2,3)13-8-12(19)9-14(15(13)20)18-11-6-4-10(5-7-11)16(21)22/h4-9,18H,1-3H3,(H,21,22). The maximum atomic E-state index is 12.5. The monoisotopic (exact) mass is 299 g/mol. The molecule has 0 heterocycles. The molecule has 0 bridgehead atoms. The number of Topliss-reactive ketones (excluding diaryl/α,β-unsaturated/α-hetero) is 1. The number of anilines is 1. The van der Waals surface area contributed by atoms with E-state index in [1.54, 1.807) is 12.1 Å². The minimum absolute atomic E-state index is 0.154. The van der Waals surface area contributed by atoms with E-state index in [0.717, 1.165) is 0 Å². The van der Waals surface area contributed by atoms with Gasteiger partial charge in [0.15, 0.2) is 5.78 Å². The molecule has 1 aliphatic rings. The van der Waals surface area contributed by atoms with Crippen LogP contribution in [0.4, 0.5) is 5.69 Å². The summed E-state index contributed by atoms with van der Waals surface area (Å²) in [6.45, 7) is 5.61. The molecule has 0 aliphatic heterocycles. The molecular weight excluding hydrogens is 282 g/mol. The van der Waals surface area contributed by atoms with Crippen LogP contribution in [0, 0.1) is 5.41 Å². The van der Waals surface area contributed by atoms with Crippen LogP contribution in [0.15, 0.2) is 47.7 Å². The number of rotatable bonds is 3. The van der Waals surface area contributed by atoms with Crippen molar-refractivity contribution in [3.05, 3.63) is 53.3 Å². The number of aromatic carboxylic acids is 1. The molecule has 0 saturated carbocycles. The third kappa shape index (κ3) is 3.31. The zero-order chi connectivity index (χ0) is 16.5. The van der Waals surface area contributed by atoms with Gasteiger partial charge in [0.25, 0.3) is 0 Å². The first-order valence-electron chi connectivity index (χ1n) is 6.81. The molecule has 0 atom stereocenters. The van der Waals surface area contributed by atoms with Crippen molar-refractivity contribution in [1.29, 1.82) is 0 Å². The molecule has 1 aromatic rings. The molecule has 0 fully saturated rings. The molecule has 2 rings (SSSR count). The first-order valence-corrected chi connectivity index (χ1v) is 6.81. The smallest absolute Gasteiger partial charge is 0.335 e. The molecule has 0 unspecified atom stereocenters. The SMILES string of the molecule is CC(C)(C)C1=CC(=O)C=C(Nc2ccc(C(=O)O)cc2)C1=O. The molecule has 5 heteroatoms. The van der Waals surface area contributed by atoms with Crippen LogP contribution in [0.3, 0.4) is 0 Å². The third-order valence-electron chi connectivity index (χ3n) is 3.28. The van der Waals surface area contributed by atoms with Gasteiger partial charge in [0.1, 0.15) is 0 Å². The van der Waals surface area contributed by atoms with Gasteiger partial charge in [0.2, 0.25) is 5.78 Å². The zero-order valence-corrected chi connectivity index (χ0v) is 12.6. The Balaban J connectivity index is 2.24. The molecule has 114 valence electrons. The van der Waals surface area contributed by atoms with Gasteiger partial charge in [-0.25, -0.2) is 4.79 Å². The number of hydrogen-bond donors (Lipinski definition) is 2. The number of allylic oxidation sites excluding steroid dienone is 3. The van der Waals surface area contributed by atoms with E-state index < -0.39 is 11.4 Å². The average Bonchev–Trinajstić information content (AvgIpc) is 2.42. The molecule has 0 saturated heterocycles. The van der Waals surface area contributed by atoms with Gasteiger partial charge in [-0.3, -0.25) is 9.59 Å². The van der Waals surface area contributed by atoms with E-state index in [2.05, 4.69) is 5.32 Å². The Kier molecular flexibility index (Phi) is 3.99. The van der Waals surface area contributed by atoms with Crippen LogP contribution in [0.2, 0.25) is 0 Å². The van der Waals surface area contributed by atoms with Crippen LogP contribution in [0.1, 0.15) is 31.1 Å². The largest absolute Gasteiger partial charge is 0.478 e. The summed E-state index contributed by atoms with van der Waals surface area (Å²) in [7, 11) is 0. The van der Waals surface area contributed by atoms with Crippen molar-refractivity contribution in [2.75, 3.05) is 5.32 Å². The lowest BCUT2D eigenvalue weighted by Crippen LogP contribution is -2.27. The van der Waals surface area contributed by atoms with E-state index >= 15 is 0 Å². The number of carboxylic acids is 1. The first kappa shape index (κ1) is 15.7. The van der Waals surface area contributed by atoms with Crippen molar-refractivity contribution >= 4 is 23.2 Å². The number of benzene rings is 1. The van der Waals surface area contributed by atoms with Gasteiger partial charge in [-0.1, -0.05) is 20.8 Å². The van der Waals surface area contributed by atoms with Gasteiger partial charge in [-0.05, 0) is 35.8 Å². The summed E-state index contributed by atoms with van der Waals surface area (Å²) in [5.41, 5.74) is 0.916. The van der Waals surface area contributed by atoms with Crippen molar-refractivity contribution in [3.8, 4) is 0 Å². The molecule has 0 radical (unpaired) electrons. The van der Waals surface area contributed by atoms with Gasteiger partial charge < -0.3 is 10.4 Å². The van der Waals surface area contributed by atoms with Crippen LogP contribution in [-0.2, 0) is 9.59 Å². The summed E-state index contributed by atoms with van der Waals surface area (Å²) >= 11 is 0. The Morgan fingerprint density at radius 1 is 1.05 bits per heavy atom. The zero-order valence-electron chi connectivity index (χ0n) is 12.6. The summed E-state index contributed by atoms with van der Waals surface area (Å²) < 4.78 is 0. The Labute approximate surface area is 128 Å². The second-order valence-electron chi connectivity index (χ2n) is 6.11. The van der Waals surface area contributed by atoms with E-state index in [1.807, 2.05) is 20.8 Å². The number of hydrogen-bond acceptors (Lipinski definition) is 4. The minimum atomic E-state index is -1.02. The fourth-order valence-corrected chi connectivity index (χ4v) is 2.10. The van der Waals surface area contributed by atoms with E-state index in [0.29, 0.717) is 11.3 Å². The predicted molar refractivity (Wildman–Crippen MR) is 82.7 cm³/mol. The minimum Gasteiger partial charge on any atom is -0.478 e. The van der Waals surface area contributed by atoms with E-state index in [4.69, 9.17) is 5.11 Å². The number of carboxylic acid groups (broad SMARTS) is 1. The maximum absolute atomic E-state index is 12.5. The van der Waals surface area contributed by atoms with Gasteiger partial charge >= 0.3 is 5.97 Å². The summed E-state index contributed by atoms with van der Waals surface area (Å²) in [6.07, 6.45) is 2.61. The quantitative estimate of drug-likeness (QED) is 0.838. The van der Waals surface area contributed by atoms with Crippen LogP contribution < -0.4 is 5.32 Å². The molecule has 0 aromatic heterocycles. The van der Waals surface area contributed by atoms with Crippen molar-refractivity contribution in [2.24, 2.45) is 5.41 Å². The van der Waals surface area contributed by atoms with Gasteiger partial charge in [-0.2, -0.15) is 0 Å². The Morgan fingerprint density at radius 2 is 1.64 bits per heavy atom. The van der Waals surface area contributed by atoms with Gasteiger partial charge in [0.05, 0.1) is 11.3 Å². The van der Waals surface area contributed by atoms with E-state index in [1.165, 1.54) is 24.3 Å². The summed E-state index contributed by atoms with van der Waals surface area (Å²) in [4.78, 5) is 35.1. The third-order valence-corrected chi connectivity index (χ3v) is 3.28. The summed E-state index contributed by atoms with van der Waals surface area (Å²) in [5, 5.41) is 11.7. The maximum Gasteiger partial charge on any atom is 0.335 e. The molecule has 1 aliphatic carbocycles. The van der Waals surface area contributed by atoms with Crippen LogP contribution in [0.5, 0.6) is 0 Å². The van der Waals surface area contributed by atoms with Crippen molar-refractivity contribution in [2.45, 2.75) is 20.8 Å². The topological polar surface area (TPSA) is 83.5 Å². The lowest BCUT2D eigenvalue weighted by Gasteiger charge is -2.25. The fraction of sp³-hybridized carbons (Fsp3) is 0.235. The number of nitrogens with one attached hydrogen (secondary N) is 1. The van der Waals surface area contributed by atoms with Crippen LogP contribution >= 0.6 is 0 Å². The van der Waals surface area contributed by atoms with Crippen LogP contribution in [0.25, 0.3) is 0 Å². The highest BCUT2D eigenvalue weighted by Crippen LogP contribution is 2.30. The molecule has 1 aromatic carbocycles. The van der Waals surface area contributed by atoms with Crippen LogP contribution in [-0.4, -0.2) is 22.6 Å². The number of carbonyl (C=O) groups excluding carboxylic acids is 2. The van der Waals surface area contributed by atoms with Crippen molar-refractivity contribution in [3.63, 3.8) is 0 Å². The number of ketones is 2. The van der Waals surface area contributed by atoms with Gasteiger partial charge in [-0.15, -0.1) is 0 Å². The van der Waals surface area contributed by atoms with Crippen molar-refractivity contribution < 1.29 is 19.5 Å². The Morgan fingerprint density at radius 3 is 2.14 bits per heavy atom. The highest BCUT2D eigenvalue weighted by atomic mass is 16.4. The molecule has 0 amide bonds. The normalized spacial score (nSPS) is 15.2. The first-order chi connectivity index (χ1) is 10.2.